The first-order valence-electron chi connectivity index (χ1n) is 13.0. The van der Waals surface area contributed by atoms with Crippen molar-refractivity contribution in [3.63, 3.8) is 0 Å². The zero-order valence-corrected chi connectivity index (χ0v) is 27.9. The standard InChI is InChI=1S/C21H25.C11H8Cl.C3H6.Hf/c1-20(2,3)16-7-9-18-14(12-16)11-15-13-17(21(4,5)6)8-10-19(15)18;12-11-8-4-3-7-10(11)9-5-1-2-6-9;1-3-2;/h7-13H,1-6H3;1,3-5,7-8H,2H2;1-2H3;/q2*-1;;+2. The van der Waals surface area contributed by atoms with E-state index in [2.05, 4.69) is 116 Å². The molecule has 0 aliphatic heterocycles. The second-order valence-electron chi connectivity index (χ2n) is 11.9. The van der Waals surface area contributed by atoms with Crippen molar-refractivity contribution in [2.45, 2.75) is 72.6 Å². The number of allylic oxidation sites excluding steroid dienone is 4. The zero-order valence-electron chi connectivity index (χ0n) is 23.6. The molecule has 0 heterocycles. The molecule has 4 aromatic carbocycles. The summed E-state index contributed by atoms with van der Waals surface area (Å²) in [7, 11) is 0. The van der Waals surface area contributed by atoms with E-state index in [4.69, 9.17) is 11.6 Å². The Morgan fingerprint density at radius 3 is 1.70 bits per heavy atom. The zero-order chi connectivity index (χ0) is 27.4. The smallest absolute Gasteiger partial charge is 0.00692 e. The fourth-order valence-electron chi connectivity index (χ4n) is 4.22. The van der Waals surface area contributed by atoms with Crippen molar-refractivity contribution in [1.82, 2.24) is 0 Å². The molecule has 5 rings (SSSR count). The van der Waals surface area contributed by atoms with E-state index in [1.54, 1.807) is 3.26 Å². The molecule has 0 saturated heterocycles. The van der Waals surface area contributed by atoms with Crippen LogP contribution in [-0.2, 0) is 34.7 Å². The van der Waals surface area contributed by atoms with E-state index in [0.717, 1.165) is 22.6 Å². The fourth-order valence-corrected chi connectivity index (χ4v) is 4.46. The molecule has 0 fully saturated rings. The maximum atomic E-state index is 6.01. The van der Waals surface area contributed by atoms with Gasteiger partial charge in [0.25, 0.3) is 0 Å². The summed E-state index contributed by atoms with van der Waals surface area (Å²) in [6.45, 7) is 17.9. The number of hydrogen-bond acceptors (Lipinski definition) is 0. The number of halogens is 1. The van der Waals surface area contributed by atoms with Gasteiger partial charge in [-0.1, -0.05) is 113 Å². The Balaban J connectivity index is 0.000000200. The monoisotopic (exact) mass is 674 g/mol. The summed E-state index contributed by atoms with van der Waals surface area (Å²) in [4.78, 5) is 0. The predicted octanol–water partition coefficient (Wildman–Crippen LogP) is 10.5. The first kappa shape index (κ1) is 29.6. The largest absolute Gasteiger partial charge is 0.197 e. The molecule has 0 spiro atoms. The number of benzene rings is 3. The van der Waals surface area contributed by atoms with Crippen LogP contribution in [0, 0.1) is 6.08 Å². The molecule has 0 aromatic heterocycles. The maximum absolute atomic E-state index is 6.01. The van der Waals surface area contributed by atoms with E-state index in [9.17, 15) is 0 Å². The summed E-state index contributed by atoms with van der Waals surface area (Å²) >= 11 is 7.27. The average molecular weight is 674 g/mol. The van der Waals surface area contributed by atoms with Crippen LogP contribution in [0.3, 0.4) is 0 Å². The van der Waals surface area contributed by atoms with Crippen LogP contribution < -0.4 is 0 Å². The van der Waals surface area contributed by atoms with Gasteiger partial charge in [0.05, 0.1) is 0 Å². The molecule has 0 N–H and O–H groups in total. The van der Waals surface area contributed by atoms with Gasteiger partial charge in [-0.15, -0.1) is 57.4 Å². The summed E-state index contributed by atoms with van der Waals surface area (Å²) in [5, 5.41) is 6.27. The quantitative estimate of drug-likeness (QED) is 0.139. The van der Waals surface area contributed by atoms with E-state index < -0.39 is 0 Å². The van der Waals surface area contributed by atoms with Crippen molar-refractivity contribution >= 4 is 42.0 Å². The summed E-state index contributed by atoms with van der Waals surface area (Å²) in [5.41, 5.74) is 5.40. The van der Waals surface area contributed by atoms with Crippen molar-refractivity contribution in [3.05, 3.63) is 107 Å². The second kappa shape index (κ2) is 12.3. The van der Waals surface area contributed by atoms with E-state index >= 15 is 0 Å². The molecule has 0 bridgehead atoms. The fraction of sp³-hybridized carbons (Fsp3) is 0.314. The van der Waals surface area contributed by atoms with Crippen LogP contribution in [0.15, 0.2) is 78.9 Å². The molecule has 1 aliphatic carbocycles. The van der Waals surface area contributed by atoms with E-state index in [-0.39, 0.29) is 10.8 Å². The Hall–Kier alpha value is -1.96. The molecule has 0 saturated carbocycles. The maximum Gasteiger partial charge on any atom is -0.00692 e. The molecule has 0 atom stereocenters. The minimum atomic E-state index is 0.203. The number of fused-ring (bicyclic) bond motifs is 3. The molecular formula is C35H39ClHf. The Labute approximate surface area is 243 Å². The van der Waals surface area contributed by atoms with Gasteiger partial charge in [0, 0.05) is 0 Å². The Morgan fingerprint density at radius 1 is 0.811 bits per heavy atom. The van der Waals surface area contributed by atoms with E-state index in [0.29, 0.717) is 0 Å². The summed E-state index contributed by atoms with van der Waals surface area (Å²) < 4.78 is 1.56. The van der Waals surface area contributed by atoms with Gasteiger partial charge in [0.2, 0.25) is 0 Å². The van der Waals surface area contributed by atoms with E-state index in [1.165, 1.54) is 56.6 Å². The van der Waals surface area contributed by atoms with Crippen molar-refractivity contribution in [2.75, 3.05) is 0 Å². The molecule has 0 nitrogen and oxygen atoms in total. The normalized spacial score (nSPS) is 13.1. The van der Waals surface area contributed by atoms with Crippen molar-refractivity contribution in [2.24, 2.45) is 0 Å². The molecule has 37 heavy (non-hydrogen) atoms. The van der Waals surface area contributed by atoms with Gasteiger partial charge in [-0.25, -0.2) is 0 Å². The third kappa shape index (κ3) is 8.01. The summed E-state index contributed by atoms with van der Waals surface area (Å²) in [5.74, 6) is 0. The minimum absolute atomic E-state index is 0.203. The molecule has 1 aliphatic rings. The first-order chi connectivity index (χ1) is 17.3. The van der Waals surface area contributed by atoms with Crippen LogP contribution in [0.5, 0.6) is 0 Å². The third-order valence-corrected chi connectivity index (χ3v) is 6.62. The van der Waals surface area contributed by atoms with Crippen molar-refractivity contribution in [1.29, 1.82) is 0 Å². The molecule has 0 radical (unpaired) electrons. The minimum Gasteiger partial charge on any atom is -0.197 e. The van der Waals surface area contributed by atoms with Gasteiger partial charge in [-0.3, -0.25) is 0 Å². The van der Waals surface area contributed by atoms with Gasteiger partial charge < -0.3 is 0 Å². The van der Waals surface area contributed by atoms with Gasteiger partial charge in [-0.05, 0) is 15.9 Å². The van der Waals surface area contributed by atoms with Crippen LogP contribution in [0.25, 0.3) is 27.1 Å². The molecule has 190 valence electrons. The molecular weight excluding hydrogens is 634 g/mol. The Morgan fingerprint density at radius 2 is 1.30 bits per heavy atom. The van der Waals surface area contributed by atoms with Crippen LogP contribution in [0.1, 0.15) is 78.5 Å². The first-order valence-corrected chi connectivity index (χ1v) is 15.1. The summed E-state index contributed by atoms with van der Waals surface area (Å²) in [6.07, 6.45) is 8.28. The van der Waals surface area contributed by atoms with Crippen LogP contribution in [0.2, 0.25) is 5.02 Å². The molecule has 4 aromatic rings. The van der Waals surface area contributed by atoms with Crippen LogP contribution in [0.4, 0.5) is 0 Å². The van der Waals surface area contributed by atoms with Crippen molar-refractivity contribution in [3.8, 4) is 0 Å². The predicted molar refractivity (Wildman–Crippen MR) is 163 cm³/mol. The van der Waals surface area contributed by atoms with Crippen LogP contribution >= 0.6 is 11.6 Å². The van der Waals surface area contributed by atoms with Gasteiger partial charge in [0.15, 0.2) is 0 Å². The Kier molecular flexibility index (Phi) is 9.81. The van der Waals surface area contributed by atoms with Crippen molar-refractivity contribution < 1.29 is 23.9 Å². The molecule has 0 unspecified atom stereocenters. The topological polar surface area (TPSA) is 0 Å². The third-order valence-electron chi connectivity index (χ3n) is 6.30. The SMILES string of the molecule is CC(C)(C)c1ccc2c(c1)[cH-]c1cc(C(C)(C)C)ccc12.C[C](C)=[Hf+2].Clc1ccccc1C1=[C-]CC=C1. The van der Waals surface area contributed by atoms with Gasteiger partial charge >= 0.3 is 41.0 Å². The average Bonchev–Trinajstić information content (AvgIpc) is 3.45. The van der Waals surface area contributed by atoms with Gasteiger partial charge in [-0.2, -0.15) is 17.7 Å². The second-order valence-corrected chi connectivity index (χ2v) is 15.9. The molecule has 0 amide bonds. The van der Waals surface area contributed by atoms with E-state index in [1.807, 2.05) is 24.3 Å². The number of hydrogen-bond donors (Lipinski definition) is 0. The summed E-state index contributed by atoms with van der Waals surface area (Å²) in [6, 6.07) is 24.0. The van der Waals surface area contributed by atoms with Gasteiger partial charge in [0.1, 0.15) is 0 Å². The van der Waals surface area contributed by atoms with Crippen LogP contribution in [-0.4, -0.2) is 3.26 Å². The molecule has 2 heteroatoms. The number of rotatable bonds is 1. The Bertz CT molecular complexity index is 1380.